The van der Waals surface area contributed by atoms with Crippen molar-refractivity contribution >= 4 is 0 Å². The topological polar surface area (TPSA) is 32.3 Å². The maximum absolute atomic E-state index is 13.0. The van der Waals surface area contributed by atoms with E-state index in [1.165, 1.54) is 12.1 Å². The molecule has 0 amide bonds. The number of halogens is 1. The van der Waals surface area contributed by atoms with Gasteiger partial charge in [-0.2, -0.15) is 0 Å². The molecule has 0 spiro atoms. The van der Waals surface area contributed by atoms with Crippen LogP contribution in [0.3, 0.4) is 0 Å². The highest BCUT2D eigenvalue weighted by molar-refractivity contribution is 5.29. The summed E-state index contributed by atoms with van der Waals surface area (Å²) in [5.41, 5.74) is 1.71. The molecule has 1 aromatic carbocycles. The van der Waals surface area contributed by atoms with Gasteiger partial charge in [0.2, 0.25) is 0 Å². The highest BCUT2D eigenvalue weighted by Crippen LogP contribution is 2.30. The number of aryl methyl sites for hydroxylation is 1. The molecule has 3 heteroatoms. The van der Waals surface area contributed by atoms with Gasteiger partial charge in [0.05, 0.1) is 6.10 Å². The Morgan fingerprint density at radius 1 is 1.38 bits per heavy atom. The van der Waals surface area contributed by atoms with E-state index in [0.717, 1.165) is 37.1 Å². The van der Waals surface area contributed by atoms with Gasteiger partial charge in [-0.1, -0.05) is 6.07 Å². The molecule has 1 aliphatic rings. The van der Waals surface area contributed by atoms with Crippen LogP contribution in [-0.4, -0.2) is 18.2 Å². The van der Waals surface area contributed by atoms with E-state index in [4.69, 9.17) is 0 Å². The van der Waals surface area contributed by atoms with Crippen LogP contribution in [0.4, 0.5) is 4.39 Å². The fourth-order valence-corrected chi connectivity index (χ4v) is 2.38. The molecule has 88 valence electrons. The Morgan fingerprint density at radius 2 is 2.06 bits per heavy atom. The number of aliphatic hydroxyl groups excluding tert-OH is 1. The summed E-state index contributed by atoms with van der Waals surface area (Å²) < 4.78 is 13.0. The zero-order valence-electron chi connectivity index (χ0n) is 9.54. The standard InChI is InChI=1S/C13H18FNO/c1-9-8-11(14)2-3-12(9)13(16)10-4-6-15-7-5-10/h2-3,8,10,13,15-16H,4-7H2,1H3. The molecule has 2 rings (SSSR count). The molecule has 0 aliphatic carbocycles. The molecule has 1 aromatic rings. The maximum Gasteiger partial charge on any atom is 0.123 e. The van der Waals surface area contributed by atoms with Gasteiger partial charge in [0.15, 0.2) is 0 Å². The van der Waals surface area contributed by atoms with Gasteiger partial charge in [0.25, 0.3) is 0 Å². The van der Waals surface area contributed by atoms with Gasteiger partial charge < -0.3 is 10.4 Å². The molecule has 1 saturated heterocycles. The molecule has 1 aliphatic heterocycles. The van der Waals surface area contributed by atoms with E-state index in [-0.39, 0.29) is 5.82 Å². The number of hydrogen-bond donors (Lipinski definition) is 2. The average molecular weight is 223 g/mol. The number of nitrogens with one attached hydrogen (secondary N) is 1. The first-order valence-corrected chi connectivity index (χ1v) is 5.83. The van der Waals surface area contributed by atoms with Gasteiger partial charge >= 0.3 is 0 Å². The van der Waals surface area contributed by atoms with Crippen molar-refractivity contribution in [2.45, 2.75) is 25.9 Å². The Bertz CT molecular complexity index is 361. The summed E-state index contributed by atoms with van der Waals surface area (Å²) in [7, 11) is 0. The van der Waals surface area contributed by atoms with Gasteiger partial charge in [-0.15, -0.1) is 0 Å². The van der Waals surface area contributed by atoms with Crippen molar-refractivity contribution in [3.8, 4) is 0 Å². The third kappa shape index (κ3) is 2.42. The van der Waals surface area contributed by atoms with E-state index in [9.17, 15) is 9.50 Å². The van der Waals surface area contributed by atoms with Crippen LogP contribution in [0.1, 0.15) is 30.1 Å². The van der Waals surface area contributed by atoms with E-state index >= 15 is 0 Å². The van der Waals surface area contributed by atoms with E-state index in [1.54, 1.807) is 6.07 Å². The predicted octanol–water partition coefficient (Wildman–Crippen LogP) is 2.17. The van der Waals surface area contributed by atoms with Crippen LogP contribution in [0.15, 0.2) is 18.2 Å². The second kappa shape index (κ2) is 4.93. The molecular weight excluding hydrogens is 205 g/mol. The molecule has 0 aromatic heterocycles. The van der Waals surface area contributed by atoms with Crippen molar-refractivity contribution in [1.82, 2.24) is 5.32 Å². The first-order valence-electron chi connectivity index (χ1n) is 5.83. The van der Waals surface area contributed by atoms with Crippen LogP contribution >= 0.6 is 0 Å². The molecule has 0 saturated carbocycles. The molecular formula is C13H18FNO. The number of hydrogen-bond acceptors (Lipinski definition) is 2. The monoisotopic (exact) mass is 223 g/mol. The minimum absolute atomic E-state index is 0.237. The zero-order valence-corrected chi connectivity index (χ0v) is 9.54. The molecule has 1 unspecified atom stereocenters. The SMILES string of the molecule is Cc1cc(F)ccc1C(O)C1CCNCC1. The number of piperidine rings is 1. The lowest BCUT2D eigenvalue weighted by molar-refractivity contribution is 0.0883. The summed E-state index contributed by atoms with van der Waals surface area (Å²) in [5, 5.41) is 13.5. The predicted molar refractivity (Wildman–Crippen MR) is 61.7 cm³/mol. The van der Waals surface area contributed by atoms with Crippen molar-refractivity contribution in [3.63, 3.8) is 0 Å². The summed E-state index contributed by atoms with van der Waals surface area (Å²) in [6, 6.07) is 4.61. The van der Waals surface area contributed by atoms with Crippen LogP contribution in [0.5, 0.6) is 0 Å². The normalized spacial score (nSPS) is 19.7. The fraction of sp³-hybridized carbons (Fsp3) is 0.538. The van der Waals surface area contributed by atoms with Crippen LogP contribution in [-0.2, 0) is 0 Å². The van der Waals surface area contributed by atoms with Crippen molar-refractivity contribution in [2.75, 3.05) is 13.1 Å². The van der Waals surface area contributed by atoms with Gasteiger partial charge in [-0.25, -0.2) is 4.39 Å². The lowest BCUT2D eigenvalue weighted by Gasteiger charge is -2.28. The second-order valence-electron chi connectivity index (χ2n) is 4.53. The molecule has 16 heavy (non-hydrogen) atoms. The van der Waals surface area contributed by atoms with Gasteiger partial charge in [-0.05, 0) is 62.0 Å². The zero-order chi connectivity index (χ0) is 11.5. The molecule has 0 bridgehead atoms. The summed E-state index contributed by atoms with van der Waals surface area (Å²) in [5.74, 6) is 0.0594. The first kappa shape index (κ1) is 11.6. The molecule has 0 radical (unpaired) electrons. The lowest BCUT2D eigenvalue weighted by Crippen LogP contribution is -2.31. The van der Waals surface area contributed by atoms with Crippen LogP contribution < -0.4 is 5.32 Å². The van der Waals surface area contributed by atoms with Gasteiger partial charge in [0.1, 0.15) is 5.82 Å². The fourth-order valence-electron chi connectivity index (χ4n) is 2.38. The van der Waals surface area contributed by atoms with Gasteiger partial charge in [-0.3, -0.25) is 0 Å². The average Bonchev–Trinajstić information content (AvgIpc) is 2.29. The van der Waals surface area contributed by atoms with Crippen molar-refractivity contribution in [2.24, 2.45) is 5.92 Å². The molecule has 1 fully saturated rings. The molecule has 1 atom stereocenters. The van der Waals surface area contributed by atoms with Gasteiger partial charge in [0, 0.05) is 0 Å². The third-order valence-corrected chi connectivity index (χ3v) is 3.38. The quantitative estimate of drug-likeness (QED) is 0.805. The van der Waals surface area contributed by atoms with E-state index in [0.29, 0.717) is 5.92 Å². The Labute approximate surface area is 95.5 Å². The highest BCUT2D eigenvalue weighted by Gasteiger charge is 2.23. The summed E-state index contributed by atoms with van der Waals surface area (Å²) in [4.78, 5) is 0. The largest absolute Gasteiger partial charge is 0.388 e. The first-order chi connectivity index (χ1) is 7.68. The Hall–Kier alpha value is -0.930. The van der Waals surface area contributed by atoms with Crippen LogP contribution in [0, 0.1) is 18.7 Å². The van der Waals surface area contributed by atoms with E-state index in [1.807, 2.05) is 6.92 Å². The van der Waals surface area contributed by atoms with E-state index < -0.39 is 6.10 Å². The Kier molecular flexibility index (Phi) is 3.56. The van der Waals surface area contributed by atoms with E-state index in [2.05, 4.69) is 5.32 Å². The Balaban J connectivity index is 2.15. The maximum atomic E-state index is 13.0. The highest BCUT2D eigenvalue weighted by atomic mass is 19.1. The summed E-state index contributed by atoms with van der Waals surface area (Å²) in [6.45, 7) is 3.77. The second-order valence-corrected chi connectivity index (χ2v) is 4.53. The minimum Gasteiger partial charge on any atom is -0.388 e. The number of benzene rings is 1. The summed E-state index contributed by atoms with van der Waals surface area (Å²) in [6.07, 6.45) is 1.51. The molecule has 2 N–H and O–H groups in total. The number of rotatable bonds is 2. The molecule has 1 heterocycles. The molecule has 2 nitrogen and oxygen atoms in total. The lowest BCUT2D eigenvalue weighted by atomic mass is 9.86. The van der Waals surface area contributed by atoms with Crippen LogP contribution in [0.25, 0.3) is 0 Å². The smallest absolute Gasteiger partial charge is 0.123 e. The van der Waals surface area contributed by atoms with Crippen molar-refractivity contribution in [1.29, 1.82) is 0 Å². The van der Waals surface area contributed by atoms with Crippen molar-refractivity contribution in [3.05, 3.63) is 35.1 Å². The summed E-state index contributed by atoms with van der Waals surface area (Å²) >= 11 is 0. The third-order valence-electron chi connectivity index (χ3n) is 3.38. The number of aliphatic hydroxyl groups is 1. The minimum atomic E-state index is -0.456. The van der Waals surface area contributed by atoms with Crippen LogP contribution in [0.2, 0.25) is 0 Å². The Morgan fingerprint density at radius 3 is 2.69 bits per heavy atom. The van der Waals surface area contributed by atoms with Crippen molar-refractivity contribution < 1.29 is 9.50 Å².